The Morgan fingerprint density at radius 1 is 1.23 bits per heavy atom. The minimum Gasteiger partial charge on any atom is -0.490 e. The average molecular weight is 418 g/mol. The van der Waals surface area contributed by atoms with E-state index in [0.29, 0.717) is 24.8 Å². The molecule has 9 heteroatoms. The number of halogens is 2. The number of aromatic nitrogens is 2. The monoisotopic (exact) mass is 418 g/mol. The largest absolute Gasteiger partial charge is 0.490 e. The van der Waals surface area contributed by atoms with E-state index in [-0.39, 0.29) is 25.0 Å². The van der Waals surface area contributed by atoms with Crippen molar-refractivity contribution in [2.75, 3.05) is 24.6 Å². The van der Waals surface area contributed by atoms with Gasteiger partial charge in [0.1, 0.15) is 11.9 Å². The lowest BCUT2D eigenvalue weighted by atomic mass is 10.2. The number of hydrogen-bond acceptors (Lipinski definition) is 6. The maximum absolute atomic E-state index is 12.9. The van der Waals surface area contributed by atoms with Crippen LogP contribution < -0.4 is 19.7 Å². The van der Waals surface area contributed by atoms with Gasteiger partial charge in [-0.2, -0.15) is 0 Å². The summed E-state index contributed by atoms with van der Waals surface area (Å²) >= 11 is 0. The van der Waals surface area contributed by atoms with Crippen molar-refractivity contribution in [1.29, 1.82) is 0 Å². The predicted octanol–water partition coefficient (Wildman–Crippen LogP) is 2.80. The molecule has 7 nitrogen and oxygen atoms in total. The number of nitrogens with zero attached hydrogens (tertiary/aromatic N) is 3. The maximum Gasteiger partial charge on any atom is 0.255 e. The van der Waals surface area contributed by atoms with Gasteiger partial charge in [-0.15, -0.1) is 0 Å². The molecule has 1 saturated heterocycles. The van der Waals surface area contributed by atoms with Gasteiger partial charge in [0.05, 0.1) is 31.5 Å². The normalized spacial score (nSPS) is 21.9. The highest BCUT2D eigenvalue weighted by molar-refractivity contribution is 5.72. The molecule has 2 atom stereocenters. The predicted molar refractivity (Wildman–Crippen MR) is 106 cm³/mol. The van der Waals surface area contributed by atoms with Crippen LogP contribution >= 0.6 is 0 Å². The van der Waals surface area contributed by atoms with E-state index in [1.807, 2.05) is 29.2 Å². The first-order chi connectivity index (χ1) is 14.4. The van der Waals surface area contributed by atoms with Gasteiger partial charge in [-0.25, -0.2) is 18.7 Å². The van der Waals surface area contributed by atoms with Crippen molar-refractivity contribution in [2.45, 2.75) is 38.3 Å². The Morgan fingerprint density at radius 3 is 2.57 bits per heavy atom. The highest BCUT2D eigenvalue weighted by atomic mass is 19.3. The zero-order valence-electron chi connectivity index (χ0n) is 16.7. The summed E-state index contributed by atoms with van der Waals surface area (Å²) in [5.41, 5.74) is 1.01. The van der Waals surface area contributed by atoms with Crippen LogP contribution in [0.2, 0.25) is 0 Å². The van der Waals surface area contributed by atoms with Gasteiger partial charge >= 0.3 is 0 Å². The van der Waals surface area contributed by atoms with Crippen LogP contribution in [0.4, 0.5) is 14.7 Å². The van der Waals surface area contributed by atoms with Crippen LogP contribution in [0.15, 0.2) is 36.7 Å². The fourth-order valence-corrected chi connectivity index (χ4v) is 3.31. The van der Waals surface area contributed by atoms with Gasteiger partial charge < -0.3 is 19.7 Å². The summed E-state index contributed by atoms with van der Waals surface area (Å²) in [6.45, 7) is 3.39. The second-order valence-electron chi connectivity index (χ2n) is 7.72. The molecule has 0 radical (unpaired) electrons. The minimum atomic E-state index is -2.59. The molecule has 0 bridgehead atoms. The molecule has 2 aromatic rings. The van der Waals surface area contributed by atoms with E-state index in [1.54, 1.807) is 0 Å². The van der Waals surface area contributed by atoms with Gasteiger partial charge in [-0.05, 0) is 17.7 Å². The van der Waals surface area contributed by atoms with Crippen LogP contribution in [0.25, 0.3) is 0 Å². The number of rotatable bonds is 8. The van der Waals surface area contributed by atoms with E-state index in [1.165, 1.54) is 19.3 Å². The number of benzene rings is 1. The number of carbonyl (C=O) groups is 1. The second kappa shape index (κ2) is 8.41. The van der Waals surface area contributed by atoms with E-state index in [0.717, 1.165) is 24.3 Å². The molecule has 160 valence electrons. The van der Waals surface area contributed by atoms with E-state index < -0.39 is 11.8 Å². The summed E-state index contributed by atoms with van der Waals surface area (Å²) in [5, 5.41) is 2.76. The Morgan fingerprint density at radius 2 is 1.93 bits per heavy atom. The standard InChI is InChI=1S/C21H24F2N4O3/c1-14(28)24-9-15-2-4-17(5-3-15)30-18-6-7-27(12-18)20-25-10-19(11-26-20)29-13-16-8-21(16,22)23/h2-5,10-11,16,18H,6-9,12-13H2,1H3,(H,24,28). The minimum absolute atomic E-state index is 0.0149. The molecule has 2 aliphatic rings. The van der Waals surface area contributed by atoms with Gasteiger partial charge in [0, 0.05) is 32.9 Å². The van der Waals surface area contributed by atoms with E-state index >= 15 is 0 Å². The quantitative estimate of drug-likeness (QED) is 0.711. The van der Waals surface area contributed by atoms with Gasteiger partial charge in [0.15, 0.2) is 5.75 Å². The van der Waals surface area contributed by atoms with Gasteiger partial charge in [-0.3, -0.25) is 4.79 Å². The highest BCUT2D eigenvalue weighted by Gasteiger charge is 2.57. The Balaban J connectivity index is 1.24. The van der Waals surface area contributed by atoms with Crippen molar-refractivity contribution >= 4 is 11.9 Å². The molecular weight excluding hydrogens is 394 g/mol. The SMILES string of the molecule is CC(=O)NCc1ccc(OC2CCN(c3ncc(OCC4CC4(F)F)cn3)C2)cc1. The molecule has 0 spiro atoms. The molecule has 1 N–H and O–H groups in total. The van der Waals surface area contributed by atoms with Crippen LogP contribution in [0.3, 0.4) is 0 Å². The number of carbonyl (C=O) groups excluding carboxylic acids is 1. The number of alkyl halides is 2. The second-order valence-corrected chi connectivity index (χ2v) is 7.72. The third-order valence-electron chi connectivity index (χ3n) is 5.22. The average Bonchev–Trinajstić information content (AvgIpc) is 3.10. The Bertz CT molecular complexity index is 877. The van der Waals surface area contributed by atoms with Crippen LogP contribution in [-0.2, 0) is 11.3 Å². The molecule has 2 fully saturated rings. The third kappa shape index (κ3) is 5.14. The number of nitrogens with one attached hydrogen (secondary N) is 1. The van der Waals surface area contributed by atoms with Crippen LogP contribution in [0.1, 0.15) is 25.3 Å². The smallest absolute Gasteiger partial charge is 0.255 e. The molecule has 1 aromatic carbocycles. The number of hydrogen-bond donors (Lipinski definition) is 1. The van der Waals surface area contributed by atoms with Crippen molar-refractivity contribution in [2.24, 2.45) is 5.92 Å². The summed E-state index contributed by atoms with van der Waals surface area (Å²) in [6, 6.07) is 7.65. The Labute approximate surface area is 173 Å². The lowest BCUT2D eigenvalue weighted by Crippen LogP contribution is -2.26. The zero-order valence-corrected chi connectivity index (χ0v) is 16.7. The Kier molecular flexibility index (Phi) is 5.69. The lowest BCUT2D eigenvalue weighted by Gasteiger charge is -2.17. The van der Waals surface area contributed by atoms with Crippen molar-refractivity contribution in [1.82, 2.24) is 15.3 Å². The summed E-state index contributed by atoms with van der Waals surface area (Å²) in [5.74, 6) is -1.61. The van der Waals surface area contributed by atoms with E-state index in [4.69, 9.17) is 9.47 Å². The van der Waals surface area contributed by atoms with Crippen LogP contribution in [0, 0.1) is 5.92 Å². The molecule has 2 heterocycles. The number of amides is 1. The topological polar surface area (TPSA) is 76.6 Å². The molecule has 1 saturated carbocycles. The van der Waals surface area contributed by atoms with Gasteiger partial charge in [-0.1, -0.05) is 12.1 Å². The number of anilines is 1. The first kappa shape index (κ1) is 20.3. The van der Waals surface area contributed by atoms with Gasteiger partial charge in [0.2, 0.25) is 11.9 Å². The van der Waals surface area contributed by atoms with Crippen LogP contribution in [-0.4, -0.2) is 47.6 Å². The van der Waals surface area contributed by atoms with E-state index in [9.17, 15) is 13.6 Å². The fraction of sp³-hybridized carbons (Fsp3) is 0.476. The fourth-order valence-electron chi connectivity index (χ4n) is 3.31. The molecule has 1 aromatic heterocycles. The molecule has 2 unspecified atom stereocenters. The van der Waals surface area contributed by atoms with Crippen molar-refractivity contribution in [3.63, 3.8) is 0 Å². The summed E-state index contributed by atoms with van der Waals surface area (Å²) in [4.78, 5) is 21.6. The highest BCUT2D eigenvalue weighted by Crippen LogP contribution is 2.48. The molecule has 1 amide bonds. The summed E-state index contributed by atoms with van der Waals surface area (Å²) in [7, 11) is 0. The Hall–Kier alpha value is -2.97. The lowest BCUT2D eigenvalue weighted by molar-refractivity contribution is -0.119. The molecule has 30 heavy (non-hydrogen) atoms. The van der Waals surface area contributed by atoms with Gasteiger partial charge in [0.25, 0.3) is 5.92 Å². The summed E-state index contributed by atoms with van der Waals surface area (Å²) in [6.07, 6.45) is 3.78. The molecule has 4 rings (SSSR count). The first-order valence-corrected chi connectivity index (χ1v) is 9.97. The summed E-state index contributed by atoms with van der Waals surface area (Å²) < 4.78 is 37.2. The van der Waals surface area contributed by atoms with E-state index in [2.05, 4.69) is 15.3 Å². The molecular formula is C21H24F2N4O3. The van der Waals surface area contributed by atoms with Crippen molar-refractivity contribution in [3.8, 4) is 11.5 Å². The first-order valence-electron chi connectivity index (χ1n) is 9.97. The maximum atomic E-state index is 12.9. The molecule has 1 aliphatic carbocycles. The zero-order chi connectivity index (χ0) is 21.1. The molecule has 1 aliphatic heterocycles. The van der Waals surface area contributed by atoms with Crippen molar-refractivity contribution < 1.29 is 23.0 Å². The van der Waals surface area contributed by atoms with Crippen LogP contribution in [0.5, 0.6) is 11.5 Å². The third-order valence-corrected chi connectivity index (χ3v) is 5.22. The number of ether oxygens (including phenoxy) is 2. The van der Waals surface area contributed by atoms with Crippen molar-refractivity contribution in [3.05, 3.63) is 42.2 Å².